The lowest BCUT2D eigenvalue weighted by Gasteiger charge is -2.17. The molecule has 0 aliphatic rings. The van der Waals surface area contributed by atoms with Crippen LogP contribution in [0.5, 0.6) is 0 Å². The van der Waals surface area contributed by atoms with E-state index in [9.17, 15) is 9.59 Å². The summed E-state index contributed by atoms with van der Waals surface area (Å²) in [7, 11) is 1.56. The molecule has 7 heteroatoms. The molecule has 0 radical (unpaired) electrons. The first-order valence-electron chi connectivity index (χ1n) is 5.84. The summed E-state index contributed by atoms with van der Waals surface area (Å²) >= 11 is 1.63. The Kier molecular flexibility index (Phi) is 9.72. The molecule has 18 heavy (non-hydrogen) atoms. The van der Waals surface area contributed by atoms with E-state index in [0.29, 0.717) is 19.6 Å². The largest absolute Gasteiger partial charge is 0.383 e. The minimum atomic E-state index is -0.588. The van der Waals surface area contributed by atoms with Crippen molar-refractivity contribution in [1.82, 2.24) is 10.6 Å². The highest BCUT2D eigenvalue weighted by atomic mass is 32.2. The topological polar surface area (TPSA) is 93.5 Å². The van der Waals surface area contributed by atoms with Crippen LogP contribution in [0.2, 0.25) is 0 Å². The van der Waals surface area contributed by atoms with Crippen LogP contribution < -0.4 is 16.4 Å². The maximum atomic E-state index is 11.6. The highest BCUT2D eigenvalue weighted by molar-refractivity contribution is 7.98. The quantitative estimate of drug-likeness (QED) is 0.486. The molecule has 0 aliphatic heterocycles. The lowest BCUT2D eigenvalue weighted by atomic mass is 10.2. The lowest BCUT2D eigenvalue weighted by molar-refractivity contribution is -0.129. The molecule has 0 aromatic heterocycles. The minimum absolute atomic E-state index is 0.238. The second-order valence-electron chi connectivity index (χ2n) is 3.90. The fourth-order valence-corrected chi connectivity index (χ4v) is 1.68. The van der Waals surface area contributed by atoms with Gasteiger partial charge in [-0.05, 0) is 25.4 Å². The number of amides is 2. The summed E-state index contributed by atoms with van der Waals surface area (Å²) in [6.07, 6.45) is 2.56. The molecular weight excluding hydrogens is 254 g/mol. The van der Waals surface area contributed by atoms with Gasteiger partial charge >= 0.3 is 0 Å². The fraction of sp³-hybridized carbons (Fsp3) is 0.818. The van der Waals surface area contributed by atoms with Crippen molar-refractivity contribution < 1.29 is 14.3 Å². The second kappa shape index (κ2) is 10.2. The van der Waals surface area contributed by atoms with Gasteiger partial charge in [-0.1, -0.05) is 0 Å². The molecule has 0 bridgehead atoms. The van der Waals surface area contributed by atoms with Gasteiger partial charge in [0.25, 0.3) is 0 Å². The van der Waals surface area contributed by atoms with Gasteiger partial charge in [0, 0.05) is 13.7 Å². The number of carbonyl (C=O) groups is 2. The fourth-order valence-electron chi connectivity index (χ4n) is 1.19. The van der Waals surface area contributed by atoms with Crippen LogP contribution in [-0.2, 0) is 14.3 Å². The monoisotopic (exact) mass is 277 g/mol. The maximum Gasteiger partial charge on any atom is 0.242 e. The van der Waals surface area contributed by atoms with Crippen LogP contribution in [0.3, 0.4) is 0 Å². The van der Waals surface area contributed by atoms with E-state index in [-0.39, 0.29) is 11.8 Å². The molecule has 106 valence electrons. The third-order valence-corrected chi connectivity index (χ3v) is 2.97. The van der Waals surface area contributed by atoms with E-state index in [1.807, 2.05) is 6.26 Å². The molecule has 0 fully saturated rings. The normalized spacial score (nSPS) is 13.8. The molecule has 0 aliphatic carbocycles. The molecule has 0 aromatic carbocycles. The summed E-state index contributed by atoms with van der Waals surface area (Å²) in [6.45, 7) is 2.50. The van der Waals surface area contributed by atoms with Crippen LogP contribution in [0.4, 0.5) is 0 Å². The number of nitrogens with two attached hydrogens (primary N) is 1. The van der Waals surface area contributed by atoms with Gasteiger partial charge in [0.05, 0.1) is 12.6 Å². The lowest BCUT2D eigenvalue weighted by Crippen LogP contribution is -2.50. The first-order chi connectivity index (χ1) is 8.52. The first kappa shape index (κ1) is 17.2. The number of ether oxygens (including phenoxy) is 1. The zero-order valence-electron chi connectivity index (χ0n) is 11.2. The molecule has 4 N–H and O–H groups in total. The van der Waals surface area contributed by atoms with E-state index in [0.717, 1.165) is 5.75 Å². The Labute approximate surface area is 112 Å². The Bertz CT molecular complexity index is 264. The van der Waals surface area contributed by atoms with E-state index < -0.39 is 12.1 Å². The van der Waals surface area contributed by atoms with Gasteiger partial charge < -0.3 is 21.1 Å². The average molecular weight is 277 g/mol. The average Bonchev–Trinajstić information content (AvgIpc) is 2.35. The Morgan fingerprint density at radius 3 is 2.61 bits per heavy atom. The molecule has 2 amide bonds. The number of thioether (sulfide) groups is 1. The first-order valence-corrected chi connectivity index (χ1v) is 7.23. The molecular formula is C11H23N3O3S. The van der Waals surface area contributed by atoms with E-state index in [1.54, 1.807) is 25.8 Å². The zero-order valence-corrected chi connectivity index (χ0v) is 12.0. The van der Waals surface area contributed by atoms with Crippen molar-refractivity contribution in [2.75, 3.05) is 32.3 Å². The second-order valence-corrected chi connectivity index (χ2v) is 4.89. The summed E-state index contributed by atoms with van der Waals surface area (Å²) in [5.41, 5.74) is 5.70. The van der Waals surface area contributed by atoms with Crippen LogP contribution in [0.1, 0.15) is 13.3 Å². The van der Waals surface area contributed by atoms with Crippen molar-refractivity contribution in [3.63, 3.8) is 0 Å². The van der Waals surface area contributed by atoms with Crippen molar-refractivity contribution >= 4 is 23.6 Å². The standard InChI is InChI=1S/C11H23N3O3S/c1-8(10(15)13-5-6-17-2)14-11(16)9(12)4-7-18-3/h8-9H,4-7,12H2,1-3H3,(H,13,15)(H,14,16)/t8?,9-/m1/s1. The van der Waals surface area contributed by atoms with Crippen molar-refractivity contribution in [3.05, 3.63) is 0 Å². The Morgan fingerprint density at radius 1 is 1.39 bits per heavy atom. The predicted octanol–water partition coefficient (Wildman–Crippen LogP) is -0.666. The van der Waals surface area contributed by atoms with Gasteiger partial charge in [-0.15, -0.1) is 0 Å². The van der Waals surface area contributed by atoms with Gasteiger partial charge in [-0.2, -0.15) is 11.8 Å². The van der Waals surface area contributed by atoms with E-state index in [1.165, 1.54) is 0 Å². The molecule has 0 spiro atoms. The highest BCUT2D eigenvalue weighted by Crippen LogP contribution is 1.99. The molecule has 0 heterocycles. The van der Waals surface area contributed by atoms with Crippen molar-refractivity contribution in [2.24, 2.45) is 5.73 Å². The Hall–Kier alpha value is -0.790. The van der Waals surface area contributed by atoms with E-state index in [4.69, 9.17) is 10.5 Å². The number of methoxy groups -OCH3 is 1. The molecule has 0 rings (SSSR count). The van der Waals surface area contributed by atoms with Crippen molar-refractivity contribution in [1.29, 1.82) is 0 Å². The van der Waals surface area contributed by atoms with E-state index in [2.05, 4.69) is 10.6 Å². The number of hydrogen-bond donors (Lipinski definition) is 3. The van der Waals surface area contributed by atoms with Gasteiger partial charge in [0.1, 0.15) is 6.04 Å². The van der Waals surface area contributed by atoms with Crippen molar-refractivity contribution in [2.45, 2.75) is 25.4 Å². The third-order valence-electron chi connectivity index (χ3n) is 2.33. The van der Waals surface area contributed by atoms with Crippen LogP contribution in [-0.4, -0.2) is 56.2 Å². The summed E-state index contributed by atoms with van der Waals surface area (Å²) in [5.74, 6) is 0.291. The third kappa shape index (κ3) is 7.52. The summed E-state index contributed by atoms with van der Waals surface area (Å²) in [5, 5.41) is 5.24. The number of nitrogens with one attached hydrogen (secondary N) is 2. The van der Waals surface area contributed by atoms with Gasteiger partial charge in [-0.3, -0.25) is 9.59 Å². The molecule has 0 saturated carbocycles. The number of rotatable bonds is 9. The zero-order chi connectivity index (χ0) is 14.0. The number of hydrogen-bond acceptors (Lipinski definition) is 5. The minimum Gasteiger partial charge on any atom is -0.383 e. The maximum absolute atomic E-state index is 11.6. The Balaban J connectivity index is 3.94. The summed E-state index contributed by atoms with van der Waals surface area (Å²) in [4.78, 5) is 23.2. The summed E-state index contributed by atoms with van der Waals surface area (Å²) < 4.78 is 4.81. The summed E-state index contributed by atoms with van der Waals surface area (Å²) in [6, 6.07) is -1.15. The smallest absolute Gasteiger partial charge is 0.242 e. The molecule has 0 aromatic rings. The molecule has 0 saturated heterocycles. The van der Waals surface area contributed by atoms with Crippen LogP contribution in [0, 0.1) is 0 Å². The van der Waals surface area contributed by atoms with Crippen LogP contribution >= 0.6 is 11.8 Å². The molecule has 6 nitrogen and oxygen atoms in total. The van der Waals surface area contributed by atoms with Crippen LogP contribution in [0.15, 0.2) is 0 Å². The number of carbonyl (C=O) groups excluding carboxylic acids is 2. The molecule has 1 unspecified atom stereocenters. The van der Waals surface area contributed by atoms with Crippen molar-refractivity contribution in [3.8, 4) is 0 Å². The van der Waals surface area contributed by atoms with Crippen LogP contribution in [0.25, 0.3) is 0 Å². The Morgan fingerprint density at radius 2 is 2.06 bits per heavy atom. The van der Waals surface area contributed by atoms with Gasteiger partial charge in [0.2, 0.25) is 11.8 Å². The predicted molar refractivity (Wildman–Crippen MR) is 73.5 cm³/mol. The van der Waals surface area contributed by atoms with Gasteiger partial charge in [-0.25, -0.2) is 0 Å². The SMILES string of the molecule is COCCNC(=O)C(C)NC(=O)[C@H](N)CCSC. The highest BCUT2D eigenvalue weighted by Gasteiger charge is 2.19. The van der Waals surface area contributed by atoms with E-state index >= 15 is 0 Å². The molecule has 2 atom stereocenters. The van der Waals surface area contributed by atoms with Gasteiger partial charge in [0.15, 0.2) is 0 Å².